The van der Waals surface area contributed by atoms with Gasteiger partial charge in [-0.15, -0.1) is 0 Å². The van der Waals surface area contributed by atoms with E-state index in [1.165, 1.54) is 12.3 Å². The summed E-state index contributed by atoms with van der Waals surface area (Å²) in [5.74, 6) is 0.433. The average molecular weight is 449 g/mol. The highest BCUT2D eigenvalue weighted by Crippen LogP contribution is 2.31. The molecular weight excluding hydrogens is 428 g/mol. The molecule has 0 bridgehead atoms. The molecular formula is C19H21BrN4O4. The largest absolute Gasteiger partial charge is 0.444 e. The molecule has 1 aromatic carbocycles. The second-order valence-electron chi connectivity index (χ2n) is 7.61. The maximum Gasteiger partial charge on any atom is 0.410 e. The first-order valence-corrected chi connectivity index (χ1v) is 9.56. The number of anilines is 2. The number of carbonyl (C=O) groups excluding carboxylic acids is 1. The van der Waals surface area contributed by atoms with E-state index in [0.29, 0.717) is 23.2 Å². The fourth-order valence-corrected chi connectivity index (χ4v) is 3.12. The minimum atomic E-state index is -0.501. The second-order valence-corrected chi connectivity index (χ2v) is 8.52. The molecule has 9 heteroatoms. The summed E-state index contributed by atoms with van der Waals surface area (Å²) in [5, 5.41) is 14.2. The Bertz CT molecular complexity index is 890. The lowest BCUT2D eigenvalue weighted by molar-refractivity contribution is -0.384. The van der Waals surface area contributed by atoms with Gasteiger partial charge in [0.05, 0.1) is 4.92 Å². The maximum absolute atomic E-state index is 12.0. The van der Waals surface area contributed by atoms with Crippen molar-refractivity contribution in [1.82, 2.24) is 9.88 Å². The van der Waals surface area contributed by atoms with E-state index in [0.717, 1.165) is 5.56 Å². The zero-order chi connectivity index (χ0) is 20.5. The van der Waals surface area contributed by atoms with Crippen LogP contribution in [0.4, 0.5) is 22.0 Å². The summed E-state index contributed by atoms with van der Waals surface area (Å²) < 4.78 is 5.90. The number of aromatic nitrogens is 1. The third-order valence-electron chi connectivity index (χ3n) is 4.21. The van der Waals surface area contributed by atoms with Crippen molar-refractivity contribution in [3.05, 3.63) is 56.7 Å². The molecule has 1 aliphatic rings. The van der Waals surface area contributed by atoms with Crippen molar-refractivity contribution in [1.29, 1.82) is 0 Å². The Hall–Kier alpha value is -2.68. The molecule has 2 aromatic rings. The molecule has 1 aromatic heterocycles. The Morgan fingerprint density at radius 3 is 2.54 bits per heavy atom. The maximum atomic E-state index is 12.0. The lowest BCUT2D eigenvalue weighted by atomic mass is 9.92. The van der Waals surface area contributed by atoms with Crippen molar-refractivity contribution in [3.63, 3.8) is 0 Å². The van der Waals surface area contributed by atoms with Crippen LogP contribution in [0, 0.1) is 10.1 Å². The molecule has 1 N–H and O–H groups in total. The summed E-state index contributed by atoms with van der Waals surface area (Å²) in [6, 6.07) is 9.00. The van der Waals surface area contributed by atoms with Crippen LogP contribution in [0.1, 0.15) is 32.3 Å². The highest BCUT2D eigenvalue weighted by molar-refractivity contribution is 9.10. The number of halogens is 1. The van der Waals surface area contributed by atoms with Gasteiger partial charge in [-0.1, -0.05) is 12.1 Å². The van der Waals surface area contributed by atoms with Gasteiger partial charge >= 0.3 is 11.8 Å². The van der Waals surface area contributed by atoms with Gasteiger partial charge in [0.2, 0.25) is 5.82 Å². The number of nitrogens with one attached hydrogen (secondary N) is 1. The molecule has 1 aliphatic heterocycles. The number of ether oxygens (including phenoxy) is 1. The Kier molecular flexibility index (Phi) is 5.55. The average Bonchev–Trinajstić information content (AvgIpc) is 2.55. The summed E-state index contributed by atoms with van der Waals surface area (Å²) in [5.41, 5.74) is 1.19. The van der Waals surface area contributed by atoms with E-state index >= 15 is 0 Å². The molecule has 0 unspecified atom stereocenters. The minimum Gasteiger partial charge on any atom is -0.444 e. The van der Waals surface area contributed by atoms with Gasteiger partial charge in [-0.3, -0.25) is 10.1 Å². The first-order chi connectivity index (χ1) is 13.1. The van der Waals surface area contributed by atoms with E-state index < -0.39 is 10.5 Å². The van der Waals surface area contributed by atoms with Crippen LogP contribution in [-0.4, -0.2) is 39.6 Å². The molecule has 2 heterocycles. The summed E-state index contributed by atoms with van der Waals surface area (Å²) in [7, 11) is 0. The van der Waals surface area contributed by atoms with Crippen LogP contribution in [0.5, 0.6) is 0 Å². The second kappa shape index (κ2) is 7.75. The number of pyridine rings is 1. The molecule has 8 nitrogen and oxygen atoms in total. The highest BCUT2D eigenvalue weighted by Gasteiger charge is 2.34. The van der Waals surface area contributed by atoms with Crippen molar-refractivity contribution >= 4 is 39.2 Å². The Morgan fingerprint density at radius 1 is 1.32 bits per heavy atom. The molecule has 1 saturated heterocycles. The first kappa shape index (κ1) is 20.1. The third-order valence-corrected chi connectivity index (χ3v) is 4.64. The van der Waals surface area contributed by atoms with Gasteiger partial charge in [-0.2, -0.15) is 0 Å². The Labute approximate surface area is 171 Å². The molecule has 0 radical (unpaired) electrons. The van der Waals surface area contributed by atoms with Crippen LogP contribution >= 0.6 is 15.9 Å². The number of amides is 1. The van der Waals surface area contributed by atoms with Gasteiger partial charge < -0.3 is 15.0 Å². The van der Waals surface area contributed by atoms with E-state index in [1.54, 1.807) is 4.90 Å². The fraction of sp³-hybridized carbons (Fsp3) is 0.368. The molecule has 0 saturated carbocycles. The SMILES string of the molecule is CC(C)(C)OC(=O)N1CC(c2ccc(Nc3ncc(Br)cc3[N+](=O)[O-])cc2)C1. The third kappa shape index (κ3) is 4.78. The lowest BCUT2D eigenvalue weighted by Gasteiger charge is -2.40. The quantitative estimate of drug-likeness (QED) is 0.531. The molecule has 1 amide bonds. The molecule has 3 rings (SSSR count). The van der Waals surface area contributed by atoms with Crippen LogP contribution < -0.4 is 5.32 Å². The van der Waals surface area contributed by atoms with Crippen molar-refractivity contribution in [2.24, 2.45) is 0 Å². The van der Waals surface area contributed by atoms with Gasteiger partial charge in [0.25, 0.3) is 0 Å². The fourth-order valence-electron chi connectivity index (χ4n) is 2.80. The number of hydrogen-bond acceptors (Lipinski definition) is 6. The number of carbonyl (C=O) groups is 1. The number of benzene rings is 1. The number of likely N-dealkylation sites (tertiary alicyclic amines) is 1. The summed E-state index contributed by atoms with van der Waals surface area (Å²) in [4.78, 5) is 28.5. The topological polar surface area (TPSA) is 97.6 Å². The van der Waals surface area contributed by atoms with Gasteiger partial charge in [0.15, 0.2) is 0 Å². The van der Waals surface area contributed by atoms with Gasteiger partial charge in [0, 0.05) is 41.4 Å². The zero-order valence-corrected chi connectivity index (χ0v) is 17.4. The van der Waals surface area contributed by atoms with Gasteiger partial charge in [-0.05, 0) is 54.4 Å². The number of nitro groups is 1. The standard InChI is InChI=1S/C19H21BrN4O4/c1-19(2,3)28-18(25)23-10-13(11-23)12-4-6-15(7-5-12)22-17-16(24(26)27)8-14(20)9-21-17/h4-9,13H,10-11H2,1-3H3,(H,21,22). The van der Waals surface area contributed by atoms with Crippen LogP contribution in [-0.2, 0) is 4.74 Å². The van der Waals surface area contributed by atoms with E-state index in [2.05, 4.69) is 26.2 Å². The summed E-state index contributed by atoms with van der Waals surface area (Å²) >= 11 is 3.19. The van der Waals surface area contributed by atoms with Gasteiger partial charge in [-0.25, -0.2) is 9.78 Å². The highest BCUT2D eigenvalue weighted by atomic mass is 79.9. The van der Waals surface area contributed by atoms with Crippen LogP contribution in [0.2, 0.25) is 0 Å². The predicted molar refractivity (Wildman–Crippen MR) is 109 cm³/mol. The minimum absolute atomic E-state index is 0.106. The zero-order valence-electron chi connectivity index (χ0n) is 15.8. The summed E-state index contributed by atoms with van der Waals surface area (Å²) in [6.45, 7) is 6.76. The molecule has 0 spiro atoms. The molecule has 28 heavy (non-hydrogen) atoms. The monoisotopic (exact) mass is 448 g/mol. The Morgan fingerprint density at radius 2 is 1.96 bits per heavy atom. The van der Waals surface area contributed by atoms with E-state index in [1.807, 2.05) is 45.0 Å². The van der Waals surface area contributed by atoms with Crippen molar-refractivity contribution in [2.75, 3.05) is 18.4 Å². The molecule has 148 valence electrons. The lowest BCUT2D eigenvalue weighted by Crippen LogP contribution is -2.50. The first-order valence-electron chi connectivity index (χ1n) is 8.77. The smallest absolute Gasteiger partial charge is 0.410 e. The predicted octanol–water partition coefficient (Wildman–Crippen LogP) is 4.83. The molecule has 0 atom stereocenters. The number of nitrogens with zero attached hydrogens (tertiary/aromatic N) is 3. The number of hydrogen-bond donors (Lipinski definition) is 1. The normalized spacial score (nSPS) is 14.4. The van der Waals surface area contributed by atoms with Crippen LogP contribution in [0.15, 0.2) is 41.0 Å². The van der Waals surface area contributed by atoms with Gasteiger partial charge in [0.1, 0.15) is 5.60 Å². The van der Waals surface area contributed by atoms with E-state index in [4.69, 9.17) is 4.74 Å². The van der Waals surface area contributed by atoms with E-state index in [-0.39, 0.29) is 23.5 Å². The number of rotatable bonds is 4. The van der Waals surface area contributed by atoms with Crippen molar-refractivity contribution in [2.45, 2.75) is 32.3 Å². The molecule has 0 aliphatic carbocycles. The van der Waals surface area contributed by atoms with Crippen molar-refractivity contribution < 1.29 is 14.5 Å². The van der Waals surface area contributed by atoms with Crippen molar-refractivity contribution in [3.8, 4) is 0 Å². The van der Waals surface area contributed by atoms with Crippen LogP contribution in [0.3, 0.4) is 0 Å². The van der Waals surface area contributed by atoms with Crippen LogP contribution in [0.25, 0.3) is 0 Å². The van der Waals surface area contributed by atoms with E-state index in [9.17, 15) is 14.9 Å². The Balaban J connectivity index is 1.61. The summed E-state index contributed by atoms with van der Waals surface area (Å²) in [6.07, 6.45) is 1.21. The molecule has 1 fully saturated rings.